The van der Waals surface area contributed by atoms with E-state index in [2.05, 4.69) is 0 Å². The largest absolute Gasteiger partial charge is 0.631 e. The van der Waals surface area contributed by atoms with Crippen molar-refractivity contribution in [2.75, 3.05) is 52.9 Å². The maximum absolute atomic E-state index is 8.36. The average molecular weight is 256 g/mol. The molecule has 0 bridgehead atoms. The van der Waals surface area contributed by atoms with Gasteiger partial charge in [0.05, 0.1) is 52.9 Å². The molecule has 0 amide bonds. The summed E-state index contributed by atoms with van der Waals surface area (Å²) in [6.07, 6.45) is 0. The van der Waals surface area contributed by atoms with Crippen LogP contribution in [-0.4, -0.2) is 85.5 Å². The summed E-state index contributed by atoms with van der Waals surface area (Å²) in [5.74, 6) is 0. The monoisotopic (exact) mass is 256 g/mol. The molecular weight excluding hydrogens is 235 g/mol. The lowest BCUT2D eigenvalue weighted by atomic mass is 10.3. The van der Waals surface area contributed by atoms with E-state index in [1.54, 1.807) is 0 Å². The van der Waals surface area contributed by atoms with E-state index in [1.165, 1.54) is 0 Å². The summed E-state index contributed by atoms with van der Waals surface area (Å²) in [6.45, 7) is 2.76. The SMILES string of the molecule is OB(O)O.OCCOCCOCCOCCO. The van der Waals surface area contributed by atoms with Crippen molar-refractivity contribution >= 4 is 7.32 Å². The zero-order chi connectivity index (χ0) is 13.4. The third-order valence-electron chi connectivity index (χ3n) is 1.22. The zero-order valence-electron chi connectivity index (χ0n) is 9.70. The van der Waals surface area contributed by atoms with Crippen LogP contribution in [-0.2, 0) is 14.2 Å². The predicted molar refractivity (Wildman–Crippen MR) is 59.0 cm³/mol. The maximum atomic E-state index is 8.36. The molecule has 0 fully saturated rings. The van der Waals surface area contributed by atoms with Crippen molar-refractivity contribution in [2.45, 2.75) is 0 Å². The molecule has 0 saturated carbocycles. The summed E-state index contributed by atoms with van der Waals surface area (Å²) in [4.78, 5) is 0. The topological polar surface area (TPSA) is 129 Å². The van der Waals surface area contributed by atoms with Gasteiger partial charge >= 0.3 is 7.32 Å². The Labute approximate surface area is 101 Å². The lowest BCUT2D eigenvalue weighted by Crippen LogP contribution is -2.11. The van der Waals surface area contributed by atoms with Crippen LogP contribution < -0.4 is 0 Å². The summed E-state index contributed by atoms with van der Waals surface area (Å²) in [5, 5.41) is 38.2. The van der Waals surface area contributed by atoms with Crippen molar-refractivity contribution in [3.8, 4) is 0 Å². The number of rotatable bonds is 10. The lowest BCUT2D eigenvalue weighted by Gasteiger charge is -2.04. The van der Waals surface area contributed by atoms with Crippen LogP contribution in [0, 0.1) is 0 Å². The molecule has 0 aromatic rings. The van der Waals surface area contributed by atoms with Crippen molar-refractivity contribution in [1.29, 1.82) is 0 Å². The Bertz CT molecular complexity index is 113. The minimum atomic E-state index is -2.17. The van der Waals surface area contributed by atoms with Crippen LogP contribution >= 0.6 is 0 Å². The highest BCUT2D eigenvalue weighted by Crippen LogP contribution is 1.80. The highest BCUT2D eigenvalue weighted by molar-refractivity contribution is 6.30. The van der Waals surface area contributed by atoms with E-state index in [0.717, 1.165) is 0 Å². The van der Waals surface area contributed by atoms with Crippen molar-refractivity contribution in [1.82, 2.24) is 0 Å². The predicted octanol–water partition coefficient (Wildman–Crippen LogP) is -3.03. The van der Waals surface area contributed by atoms with Crippen LogP contribution in [0.4, 0.5) is 0 Å². The summed E-state index contributed by atoms with van der Waals surface area (Å²) in [6, 6.07) is 0. The number of hydrogen-bond donors (Lipinski definition) is 5. The molecule has 104 valence electrons. The van der Waals surface area contributed by atoms with Crippen molar-refractivity contribution in [3.05, 3.63) is 0 Å². The molecule has 0 atom stereocenters. The number of hydrogen-bond acceptors (Lipinski definition) is 8. The van der Waals surface area contributed by atoms with Gasteiger partial charge in [0, 0.05) is 0 Å². The highest BCUT2D eigenvalue weighted by atomic mass is 16.5. The second kappa shape index (κ2) is 18.1. The molecule has 0 aliphatic carbocycles. The van der Waals surface area contributed by atoms with E-state index >= 15 is 0 Å². The van der Waals surface area contributed by atoms with Gasteiger partial charge in [0.15, 0.2) is 0 Å². The van der Waals surface area contributed by atoms with E-state index < -0.39 is 7.32 Å². The van der Waals surface area contributed by atoms with Crippen molar-refractivity contribution in [3.63, 3.8) is 0 Å². The molecule has 0 rings (SSSR count). The van der Waals surface area contributed by atoms with Crippen LogP contribution in [0.1, 0.15) is 0 Å². The first kappa shape index (κ1) is 19.1. The molecule has 5 N–H and O–H groups in total. The molecular formula is C8H21BO8. The average Bonchev–Trinajstić information content (AvgIpc) is 2.26. The molecule has 0 aliphatic heterocycles. The Morgan fingerprint density at radius 1 is 0.588 bits per heavy atom. The van der Waals surface area contributed by atoms with Gasteiger partial charge in [-0.1, -0.05) is 0 Å². The minimum Gasteiger partial charge on any atom is -0.402 e. The van der Waals surface area contributed by atoms with Crippen LogP contribution in [0.25, 0.3) is 0 Å². The van der Waals surface area contributed by atoms with Crippen LogP contribution in [0.3, 0.4) is 0 Å². The number of ether oxygens (including phenoxy) is 3. The second-order valence-electron chi connectivity index (χ2n) is 2.63. The van der Waals surface area contributed by atoms with Crippen LogP contribution in [0.2, 0.25) is 0 Å². The van der Waals surface area contributed by atoms with Gasteiger partial charge in [0.25, 0.3) is 0 Å². The first-order chi connectivity index (χ1) is 8.15. The standard InChI is InChI=1S/C8H18O5.BH3O3/c9-1-3-11-5-7-13-8-6-12-4-2-10;2-1(3)4/h9-10H,1-8H2;2-4H. The minimum absolute atomic E-state index is 0.0413. The maximum Gasteiger partial charge on any atom is 0.631 e. The molecule has 0 aromatic heterocycles. The summed E-state index contributed by atoms with van der Waals surface area (Å²) < 4.78 is 15.0. The second-order valence-corrected chi connectivity index (χ2v) is 2.63. The molecule has 8 nitrogen and oxygen atoms in total. The smallest absolute Gasteiger partial charge is 0.402 e. The normalized spacial score (nSPS) is 9.71. The van der Waals surface area contributed by atoms with Gasteiger partial charge in [-0.15, -0.1) is 0 Å². The molecule has 0 unspecified atom stereocenters. The summed E-state index contributed by atoms with van der Waals surface area (Å²) in [5.41, 5.74) is 0. The zero-order valence-corrected chi connectivity index (χ0v) is 9.70. The molecule has 17 heavy (non-hydrogen) atoms. The highest BCUT2D eigenvalue weighted by Gasteiger charge is 1.92. The molecule has 9 heteroatoms. The Balaban J connectivity index is 0. The van der Waals surface area contributed by atoms with Gasteiger partial charge in [-0.05, 0) is 0 Å². The van der Waals surface area contributed by atoms with Gasteiger partial charge in [-0.2, -0.15) is 0 Å². The third kappa shape index (κ3) is 31.3. The molecule has 0 heterocycles. The van der Waals surface area contributed by atoms with Gasteiger partial charge in [0.2, 0.25) is 0 Å². The van der Waals surface area contributed by atoms with Gasteiger partial charge < -0.3 is 39.5 Å². The van der Waals surface area contributed by atoms with Gasteiger partial charge in [0.1, 0.15) is 0 Å². The molecule has 0 saturated heterocycles. The quantitative estimate of drug-likeness (QED) is 0.206. The third-order valence-corrected chi connectivity index (χ3v) is 1.22. The molecule has 0 aliphatic rings. The summed E-state index contributed by atoms with van der Waals surface area (Å²) >= 11 is 0. The first-order valence-electron chi connectivity index (χ1n) is 5.14. The lowest BCUT2D eigenvalue weighted by molar-refractivity contribution is 0.00230. The molecule has 0 spiro atoms. The number of aliphatic hydroxyl groups is 2. The first-order valence-corrected chi connectivity index (χ1v) is 5.14. The van der Waals surface area contributed by atoms with Crippen LogP contribution in [0.15, 0.2) is 0 Å². The fourth-order valence-corrected chi connectivity index (χ4v) is 0.671. The Morgan fingerprint density at radius 3 is 1.06 bits per heavy atom. The Hall–Kier alpha value is -0.255. The molecule has 0 aromatic carbocycles. The van der Waals surface area contributed by atoms with E-state index in [9.17, 15) is 0 Å². The van der Waals surface area contributed by atoms with E-state index in [1.807, 2.05) is 0 Å². The number of aliphatic hydroxyl groups excluding tert-OH is 2. The Kier molecular flexibility index (Phi) is 20.4. The van der Waals surface area contributed by atoms with Crippen molar-refractivity contribution in [2.24, 2.45) is 0 Å². The summed E-state index contributed by atoms with van der Waals surface area (Å²) in [7, 11) is -2.17. The van der Waals surface area contributed by atoms with E-state index in [-0.39, 0.29) is 13.2 Å². The van der Waals surface area contributed by atoms with Gasteiger partial charge in [-0.25, -0.2) is 0 Å². The van der Waals surface area contributed by atoms with Crippen molar-refractivity contribution < 1.29 is 39.5 Å². The Morgan fingerprint density at radius 2 is 0.824 bits per heavy atom. The fourth-order valence-electron chi connectivity index (χ4n) is 0.671. The fraction of sp³-hybridized carbons (Fsp3) is 1.00. The van der Waals surface area contributed by atoms with E-state index in [0.29, 0.717) is 39.6 Å². The molecule has 0 radical (unpaired) electrons. The van der Waals surface area contributed by atoms with Crippen LogP contribution in [0.5, 0.6) is 0 Å². The van der Waals surface area contributed by atoms with E-state index in [4.69, 9.17) is 39.5 Å². The van der Waals surface area contributed by atoms with Gasteiger partial charge in [-0.3, -0.25) is 0 Å².